The third kappa shape index (κ3) is 3.01. The Hall–Kier alpha value is -3.06. The summed E-state index contributed by atoms with van der Waals surface area (Å²) in [6, 6.07) is 15.1. The van der Waals surface area contributed by atoms with Crippen molar-refractivity contribution < 1.29 is 9.53 Å². The second-order valence-corrected chi connectivity index (χ2v) is 6.27. The zero-order valence-electron chi connectivity index (χ0n) is 13.4. The maximum Gasteiger partial charge on any atom is 0.281 e. The molecule has 124 valence electrons. The van der Waals surface area contributed by atoms with Gasteiger partial charge in [-0.25, -0.2) is 15.0 Å². The molecule has 4 rings (SSSR count). The van der Waals surface area contributed by atoms with E-state index in [4.69, 9.17) is 4.74 Å². The van der Waals surface area contributed by atoms with Gasteiger partial charge in [0.1, 0.15) is 0 Å². The number of para-hydroxylation sites is 3. The lowest BCUT2D eigenvalue weighted by molar-refractivity contribution is 0.101. The van der Waals surface area contributed by atoms with E-state index in [9.17, 15) is 4.79 Å². The van der Waals surface area contributed by atoms with E-state index in [0.717, 1.165) is 10.2 Å². The fourth-order valence-electron chi connectivity index (χ4n) is 2.45. The second kappa shape index (κ2) is 6.45. The number of nitrogens with one attached hydrogen (secondary N) is 1. The first-order valence-corrected chi connectivity index (χ1v) is 8.63. The Bertz CT molecular complexity index is 1040. The predicted octanol–water partition coefficient (Wildman–Crippen LogP) is 3.89. The molecule has 0 atom stereocenters. The third-order valence-corrected chi connectivity index (χ3v) is 4.50. The summed E-state index contributed by atoms with van der Waals surface area (Å²) in [5.74, 6) is -0.166. The highest BCUT2D eigenvalue weighted by molar-refractivity contribution is 7.22. The Morgan fingerprint density at radius 2 is 1.68 bits per heavy atom. The molecule has 0 saturated carbocycles. The second-order valence-electron chi connectivity index (χ2n) is 5.24. The van der Waals surface area contributed by atoms with Crippen molar-refractivity contribution in [2.45, 2.75) is 6.92 Å². The molecule has 0 unspecified atom stereocenters. The van der Waals surface area contributed by atoms with Gasteiger partial charge >= 0.3 is 0 Å². The fourth-order valence-corrected chi connectivity index (χ4v) is 3.31. The van der Waals surface area contributed by atoms with Crippen molar-refractivity contribution in [3.63, 3.8) is 0 Å². The summed E-state index contributed by atoms with van der Waals surface area (Å²) in [7, 11) is 0. The first kappa shape index (κ1) is 15.5. The summed E-state index contributed by atoms with van der Waals surface area (Å²) >= 11 is 1.41. The van der Waals surface area contributed by atoms with E-state index in [1.165, 1.54) is 11.3 Å². The van der Waals surface area contributed by atoms with Crippen LogP contribution >= 0.6 is 11.3 Å². The first-order valence-electron chi connectivity index (χ1n) is 7.81. The van der Waals surface area contributed by atoms with Gasteiger partial charge in [0, 0.05) is 0 Å². The number of anilines is 1. The number of aromatic nitrogens is 3. The Morgan fingerprint density at radius 1 is 1.00 bits per heavy atom. The minimum absolute atomic E-state index is 0.153. The molecule has 7 heteroatoms. The van der Waals surface area contributed by atoms with Gasteiger partial charge < -0.3 is 4.74 Å². The molecule has 2 aromatic carbocycles. The molecule has 0 aliphatic carbocycles. The van der Waals surface area contributed by atoms with Crippen LogP contribution in [-0.2, 0) is 0 Å². The van der Waals surface area contributed by atoms with Crippen LogP contribution in [0.25, 0.3) is 21.3 Å². The van der Waals surface area contributed by atoms with Crippen LogP contribution in [0.2, 0.25) is 0 Å². The normalized spacial score (nSPS) is 10.9. The van der Waals surface area contributed by atoms with Gasteiger partial charge in [0.2, 0.25) is 5.88 Å². The molecule has 1 amide bonds. The van der Waals surface area contributed by atoms with Gasteiger partial charge in [0.25, 0.3) is 5.91 Å². The molecule has 6 nitrogen and oxygen atoms in total. The average Bonchev–Trinajstić information content (AvgIpc) is 3.03. The molecular formula is C18H14N4O2S. The Morgan fingerprint density at radius 3 is 2.40 bits per heavy atom. The van der Waals surface area contributed by atoms with Crippen molar-refractivity contribution in [1.82, 2.24) is 15.0 Å². The Kier molecular flexibility index (Phi) is 3.99. The molecule has 1 N–H and O–H groups in total. The van der Waals surface area contributed by atoms with Crippen LogP contribution < -0.4 is 10.1 Å². The van der Waals surface area contributed by atoms with Gasteiger partial charge in [0.15, 0.2) is 10.8 Å². The van der Waals surface area contributed by atoms with Crippen LogP contribution in [-0.4, -0.2) is 27.5 Å². The van der Waals surface area contributed by atoms with Crippen LogP contribution in [0, 0.1) is 0 Å². The molecular weight excluding hydrogens is 336 g/mol. The number of hydrogen-bond acceptors (Lipinski definition) is 6. The highest BCUT2D eigenvalue weighted by atomic mass is 32.1. The van der Waals surface area contributed by atoms with Gasteiger partial charge in [-0.15, -0.1) is 0 Å². The van der Waals surface area contributed by atoms with Crippen LogP contribution in [0.4, 0.5) is 5.13 Å². The summed E-state index contributed by atoms with van der Waals surface area (Å²) in [5.41, 5.74) is 2.32. The zero-order valence-corrected chi connectivity index (χ0v) is 14.2. The van der Waals surface area contributed by atoms with Gasteiger partial charge in [0.05, 0.1) is 27.9 Å². The largest absolute Gasteiger partial charge is 0.476 e. The van der Waals surface area contributed by atoms with Gasteiger partial charge in [-0.05, 0) is 31.2 Å². The standard InChI is InChI=1S/C18H14N4O2S/c1-2-24-17-15(19-11-7-3-4-8-12(11)20-17)16(23)22-18-21-13-9-5-6-10-14(13)25-18/h3-10H,2H2,1H3,(H,21,22,23). The summed E-state index contributed by atoms with van der Waals surface area (Å²) in [4.78, 5) is 25.9. The lowest BCUT2D eigenvalue weighted by Crippen LogP contribution is -2.16. The number of benzene rings is 2. The monoisotopic (exact) mass is 350 g/mol. The number of thiazole rings is 1. The quantitative estimate of drug-likeness (QED) is 0.604. The fraction of sp³-hybridized carbons (Fsp3) is 0.111. The summed E-state index contributed by atoms with van der Waals surface area (Å²) in [6.07, 6.45) is 0. The zero-order chi connectivity index (χ0) is 17.2. The van der Waals surface area contributed by atoms with Crippen molar-refractivity contribution in [1.29, 1.82) is 0 Å². The molecule has 25 heavy (non-hydrogen) atoms. The van der Waals surface area contributed by atoms with Crippen molar-refractivity contribution >= 4 is 43.6 Å². The molecule has 0 saturated heterocycles. The summed E-state index contributed by atoms with van der Waals surface area (Å²) in [6.45, 7) is 2.24. The number of nitrogens with zero attached hydrogens (tertiary/aromatic N) is 3. The predicted molar refractivity (Wildman–Crippen MR) is 98.3 cm³/mol. The number of carbonyl (C=O) groups excluding carboxylic acids is 1. The molecule has 0 radical (unpaired) electrons. The van der Waals surface area contributed by atoms with Gasteiger partial charge in [-0.2, -0.15) is 0 Å². The van der Waals surface area contributed by atoms with Gasteiger partial charge in [-0.1, -0.05) is 35.6 Å². The van der Waals surface area contributed by atoms with E-state index in [1.807, 2.05) is 55.5 Å². The molecule has 2 aromatic heterocycles. The summed E-state index contributed by atoms with van der Waals surface area (Å²) in [5, 5.41) is 3.31. The lowest BCUT2D eigenvalue weighted by atomic mass is 10.3. The number of rotatable bonds is 4. The maximum atomic E-state index is 12.7. The number of fused-ring (bicyclic) bond motifs is 2. The van der Waals surface area contributed by atoms with Gasteiger partial charge in [-0.3, -0.25) is 10.1 Å². The lowest BCUT2D eigenvalue weighted by Gasteiger charge is -2.09. The molecule has 2 heterocycles. The molecule has 0 aliphatic rings. The molecule has 0 spiro atoms. The average molecular weight is 350 g/mol. The first-order chi connectivity index (χ1) is 12.2. The maximum absolute atomic E-state index is 12.7. The SMILES string of the molecule is CCOc1nc2ccccc2nc1C(=O)Nc1nc2ccccc2s1. The van der Waals surface area contributed by atoms with Crippen LogP contribution in [0.1, 0.15) is 17.4 Å². The number of amides is 1. The highest BCUT2D eigenvalue weighted by Crippen LogP contribution is 2.27. The van der Waals surface area contributed by atoms with E-state index in [2.05, 4.69) is 20.3 Å². The summed E-state index contributed by atoms with van der Waals surface area (Å²) < 4.78 is 6.52. The van der Waals surface area contributed by atoms with Crippen LogP contribution in [0.3, 0.4) is 0 Å². The third-order valence-electron chi connectivity index (χ3n) is 3.55. The highest BCUT2D eigenvalue weighted by Gasteiger charge is 2.19. The van der Waals surface area contributed by atoms with Crippen LogP contribution in [0.5, 0.6) is 5.88 Å². The van der Waals surface area contributed by atoms with E-state index in [-0.39, 0.29) is 17.5 Å². The number of hydrogen-bond donors (Lipinski definition) is 1. The van der Waals surface area contributed by atoms with Crippen LogP contribution in [0.15, 0.2) is 48.5 Å². The molecule has 4 aromatic rings. The molecule has 0 aliphatic heterocycles. The van der Waals surface area contributed by atoms with Crippen molar-refractivity contribution in [3.8, 4) is 5.88 Å². The number of carbonyl (C=O) groups is 1. The smallest absolute Gasteiger partial charge is 0.281 e. The topological polar surface area (TPSA) is 77.0 Å². The Labute approximate surface area is 147 Å². The Balaban J connectivity index is 1.71. The minimum Gasteiger partial charge on any atom is -0.476 e. The van der Waals surface area contributed by atoms with Crippen molar-refractivity contribution in [2.24, 2.45) is 0 Å². The van der Waals surface area contributed by atoms with E-state index < -0.39 is 0 Å². The van der Waals surface area contributed by atoms with E-state index in [1.54, 1.807) is 0 Å². The molecule has 0 bridgehead atoms. The van der Waals surface area contributed by atoms with Crippen molar-refractivity contribution in [2.75, 3.05) is 11.9 Å². The van der Waals surface area contributed by atoms with E-state index in [0.29, 0.717) is 22.8 Å². The number of ether oxygens (including phenoxy) is 1. The minimum atomic E-state index is -0.388. The van der Waals surface area contributed by atoms with E-state index >= 15 is 0 Å². The van der Waals surface area contributed by atoms with Crippen molar-refractivity contribution in [3.05, 3.63) is 54.2 Å². The molecule has 0 fully saturated rings.